The van der Waals surface area contributed by atoms with E-state index < -0.39 is 5.72 Å². The molecule has 2 aromatic carbocycles. The summed E-state index contributed by atoms with van der Waals surface area (Å²) in [5, 5.41) is 35.1. The molecule has 130 valence electrons. The van der Waals surface area contributed by atoms with Crippen molar-refractivity contribution in [1.82, 2.24) is 15.3 Å². The fourth-order valence-corrected chi connectivity index (χ4v) is 2.99. The minimum Gasteiger partial charge on any atom is -0.507 e. The second-order valence-corrected chi connectivity index (χ2v) is 6.07. The molecule has 0 aliphatic carbocycles. The summed E-state index contributed by atoms with van der Waals surface area (Å²) in [4.78, 5) is 7.02. The molecular weight excluding hydrogens is 318 g/mol. The Morgan fingerprint density at radius 2 is 1.60 bits per heavy atom. The predicted octanol–water partition coefficient (Wildman–Crippen LogP) is 2.24. The first kappa shape index (κ1) is 17.0. The number of aromatic amines is 1. The first-order chi connectivity index (χ1) is 12.0. The zero-order chi connectivity index (χ0) is 17.9. The summed E-state index contributed by atoms with van der Waals surface area (Å²) in [5.74, 6) is -0.121. The third kappa shape index (κ3) is 3.50. The van der Waals surface area contributed by atoms with E-state index in [1.807, 2.05) is 6.92 Å². The van der Waals surface area contributed by atoms with E-state index in [1.54, 1.807) is 48.9 Å². The zero-order valence-electron chi connectivity index (χ0n) is 13.8. The van der Waals surface area contributed by atoms with Crippen LogP contribution in [0.25, 0.3) is 0 Å². The number of hydrogen-bond donors (Lipinski definition) is 5. The van der Waals surface area contributed by atoms with Crippen molar-refractivity contribution in [2.24, 2.45) is 0 Å². The van der Waals surface area contributed by atoms with Crippen molar-refractivity contribution in [2.45, 2.75) is 25.1 Å². The molecule has 0 spiro atoms. The van der Waals surface area contributed by atoms with Gasteiger partial charge in [0.15, 0.2) is 5.72 Å². The summed E-state index contributed by atoms with van der Waals surface area (Å²) < 4.78 is 0. The lowest BCUT2D eigenvalue weighted by molar-refractivity contribution is 0.0278. The van der Waals surface area contributed by atoms with Gasteiger partial charge in [-0.25, -0.2) is 4.98 Å². The molecule has 1 aromatic heterocycles. The SMILES string of the molecule is C[C@H](Cc1cnc[nH]1)NC(O)(c1ccccc1O)c1ccccc1O. The maximum Gasteiger partial charge on any atom is 0.176 e. The average Bonchev–Trinajstić information content (AvgIpc) is 3.08. The van der Waals surface area contributed by atoms with Crippen LogP contribution in [0.4, 0.5) is 0 Å². The van der Waals surface area contributed by atoms with Crippen LogP contribution in [-0.2, 0) is 12.1 Å². The van der Waals surface area contributed by atoms with Crippen molar-refractivity contribution >= 4 is 0 Å². The molecule has 5 N–H and O–H groups in total. The Balaban J connectivity index is 2.00. The van der Waals surface area contributed by atoms with E-state index in [2.05, 4.69) is 15.3 Å². The van der Waals surface area contributed by atoms with E-state index in [9.17, 15) is 15.3 Å². The molecule has 0 saturated heterocycles. The molecule has 0 bridgehead atoms. The first-order valence-corrected chi connectivity index (χ1v) is 8.05. The van der Waals surface area contributed by atoms with Crippen LogP contribution in [0.3, 0.4) is 0 Å². The average molecular weight is 339 g/mol. The molecule has 0 saturated carbocycles. The van der Waals surface area contributed by atoms with Crippen LogP contribution >= 0.6 is 0 Å². The molecule has 6 nitrogen and oxygen atoms in total. The van der Waals surface area contributed by atoms with Crippen molar-refractivity contribution in [1.29, 1.82) is 0 Å². The van der Waals surface area contributed by atoms with Gasteiger partial charge in [-0.3, -0.25) is 5.32 Å². The van der Waals surface area contributed by atoms with Gasteiger partial charge in [-0.1, -0.05) is 36.4 Å². The first-order valence-electron chi connectivity index (χ1n) is 8.05. The number of benzene rings is 2. The summed E-state index contributed by atoms with van der Waals surface area (Å²) >= 11 is 0. The molecule has 0 aliphatic rings. The molecule has 1 atom stereocenters. The van der Waals surface area contributed by atoms with Crippen molar-refractivity contribution in [3.63, 3.8) is 0 Å². The standard InChI is InChI=1S/C19H21N3O3/c1-13(10-14-11-20-12-21-14)22-19(25,15-6-2-4-8-17(15)23)16-7-3-5-9-18(16)24/h2-9,11-13,22-25H,10H2,1H3,(H,20,21)/t13-/m1/s1. The number of hydrogen-bond acceptors (Lipinski definition) is 5. The van der Waals surface area contributed by atoms with Gasteiger partial charge in [0.25, 0.3) is 0 Å². The Labute approximate surface area is 145 Å². The highest BCUT2D eigenvalue weighted by atomic mass is 16.3. The zero-order valence-corrected chi connectivity index (χ0v) is 13.8. The number of H-pyrrole nitrogens is 1. The molecule has 0 fully saturated rings. The number of aliphatic hydroxyl groups is 1. The molecule has 25 heavy (non-hydrogen) atoms. The van der Waals surface area contributed by atoms with E-state index in [-0.39, 0.29) is 28.7 Å². The summed E-state index contributed by atoms with van der Waals surface area (Å²) in [7, 11) is 0. The largest absolute Gasteiger partial charge is 0.507 e. The van der Waals surface area contributed by atoms with E-state index in [1.165, 1.54) is 12.1 Å². The van der Waals surface area contributed by atoms with Gasteiger partial charge in [0.2, 0.25) is 0 Å². The van der Waals surface area contributed by atoms with E-state index in [0.717, 1.165) is 5.69 Å². The van der Waals surface area contributed by atoms with Crippen LogP contribution in [0.1, 0.15) is 23.7 Å². The Hall–Kier alpha value is -2.83. The second kappa shape index (κ2) is 6.96. The van der Waals surface area contributed by atoms with Crippen LogP contribution in [-0.4, -0.2) is 31.3 Å². The fraction of sp³-hybridized carbons (Fsp3) is 0.211. The maximum absolute atomic E-state index is 11.5. The monoisotopic (exact) mass is 339 g/mol. The van der Waals surface area contributed by atoms with E-state index >= 15 is 0 Å². The highest BCUT2D eigenvalue weighted by Crippen LogP contribution is 2.37. The van der Waals surface area contributed by atoms with Gasteiger partial charge in [-0.15, -0.1) is 0 Å². The lowest BCUT2D eigenvalue weighted by Crippen LogP contribution is -2.48. The topological polar surface area (TPSA) is 101 Å². The van der Waals surface area contributed by atoms with Gasteiger partial charge >= 0.3 is 0 Å². The smallest absolute Gasteiger partial charge is 0.176 e. The molecule has 1 heterocycles. The summed E-state index contributed by atoms with van der Waals surface area (Å²) in [6.07, 6.45) is 3.90. The van der Waals surface area contributed by atoms with Gasteiger partial charge < -0.3 is 20.3 Å². The molecule has 3 aromatic rings. The number of rotatable bonds is 6. The van der Waals surface area contributed by atoms with Crippen molar-refractivity contribution < 1.29 is 15.3 Å². The Morgan fingerprint density at radius 1 is 1.04 bits per heavy atom. The van der Waals surface area contributed by atoms with Crippen LogP contribution in [0.2, 0.25) is 0 Å². The van der Waals surface area contributed by atoms with Crippen LogP contribution in [0.15, 0.2) is 61.1 Å². The highest BCUT2D eigenvalue weighted by Gasteiger charge is 2.37. The fourth-order valence-electron chi connectivity index (χ4n) is 2.99. The van der Waals surface area contributed by atoms with Crippen molar-refractivity contribution in [2.75, 3.05) is 0 Å². The maximum atomic E-state index is 11.5. The lowest BCUT2D eigenvalue weighted by atomic mass is 9.91. The van der Waals surface area contributed by atoms with Crippen LogP contribution in [0, 0.1) is 0 Å². The third-order valence-electron chi connectivity index (χ3n) is 4.12. The predicted molar refractivity (Wildman–Crippen MR) is 94.1 cm³/mol. The molecule has 6 heteroatoms. The van der Waals surface area contributed by atoms with Crippen molar-refractivity contribution in [3.05, 3.63) is 77.9 Å². The van der Waals surface area contributed by atoms with Crippen molar-refractivity contribution in [3.8, 4) is 11.5 Å². The summed E-state index contributed by atoms with van der Waals surface area (Å²) in [5.41, 5.74) is -0.298. The molecule has 0 unspecified atom stereocenters. The summed E-state index contributed by atoms with van der Waals surface area (Å²) in [6, 6.07) is 12.9. The number of para-hydroxylation sites is 2. The normalized spacial score (nSPS) is 12.9. The number of phenolic OH excluding ortho intramolecular Hbond substituents is 2. The highest BCUT2D eigenvalue weighted by molar-refractivity contribution is 5.48. The lowest BCUT2D eigenvalue weighted by Gasteiger charge is -2.34. The molecule has 0 aliphatic heterocycles. The summed E-state index contributed by atoms with van der Waals surface area (Å²) in [6.45, 7) is 1.91. The Morgan fingerprint density at radius 3 is 2.08 bits per heavy atom. The number of aromatic hydroxyl groups is 2. The minimum atomic E-state index is -1.75. The number of phenols is 2. The van der Waals surface area contributed by atoms with Gasteiger partial charge in [0, 0.05) is 35.5 Å². The number of imidazole rings is 1. The van der Waals surface area contributed by atoms with Gasteiger partial charge in [-0.2, -0.15) is 0 Å². The second-order valence-electron chi connectivity index (χ2n) is 6.07. The molecular formula is C19H21N3O3. The molecule has 0 radical (unpaired) electrons. The van der Waals surface area contributed by atoms with Gasteiger partial charge in [0.05, 0.1) is 6.33 Å². The minimum absolute atomic E-state index is 0.0607. The Kier molecular flexibility index (Phi) is 4.74. The third-order valence-corrected chi connectivity index (χ3v) is 4.12. The van der Waals surface area contributed by atoms with E-state index in [4.69, 9.17) is 0 Å². The number of nitrogens with one attached hydrogen (secondary N) is 2. The quantitative estimate of drug-likeness (QED) is 0.443. The van der Waals surface area contributed by atoms with E-state index in [0.29, 0.717) is 6.42 Å². The number of nitrogens with zero attached hydrogens (tertiary/aromatic N) is 1. The molecule has 0 amide bonds. The molecule has 3 rings (SSSR count). The Bertz CT molecular complexity index is 788. The van der Waals surface area contributed by atoms with Crippen LogP contribution in [0.5, 0.6) is 11.5 Å². The van der Waals surface area contributed by atoms with Gasteiger partial charge in [0.1, 0.15) is 11.5 Å². The number of aromatic nitrogens is 2. The van der Waals surface area contributed by atoms with Gasteiger partial charge in [-0.05, 0) is 19.1 Å². The van der Waals surface area contributed by atoms with Crippen LogP contribution < -0.4 is 5.32 Å².